The summed E-state index contributed by atoms with van der Waals surface area (Å²) in [5, 5.41) is 14.9. The molecule has 0 spiro atoms. The van der Waals surface area contributed by atoms with E-state index in [9.17, 15) is 4.39 Å². The van der Waals surface area contributed by atoms with Crippen LogP contribution < -0.4 is 10.6 Å². The summed E-state index contributed by atoms with van der Waals surface area (Å²) < 4.78 is 13.7. The Kier molecular flexibility index (Phi) is 5.63. The minimum atomic E-state index is -0.368. The van der Waals surface area contributed by atoms with Gasteiger partial charge in [0.2, 0.25) is 5.95 Å². The zero-order valence-corrected chi connectivity index (χ0v) is 14.5. The van der Waals surface area contributed by atoms with Crippen molar-refractivity contribution < 1.29 is 4.39 Å². The molecule has 3 aromatic rings. The molecule has 128 valence electrons. The van der Waals surface area contributed by atoms with Gasteiger partial charge in [-0.15, -0.1) is 5.10 Å². The number of anilines is 3. The van der Waals surface area contributed by atoms with Crippen molar-refractivity contribution in [2.45, 2.75) is 6.42 Å². The lowest BCUT2D eigenvalue weighted by Gasteiger charge is -2.09. The van der Waals surface area contributed by atoms with Gasteiger partial charge >= 0.3 is 0 Å². The van der Waals surface area contributed by atoms with E-state index in [1.165, 1.54) is 12.3 Å². The van der Waals surface area contributed by atoms with Gasteiger partial charge in [-0.05, 0) is 36.2 Å². The summed E-state index contributed by atoms with van der Waals surface area (Å²) in [5.74, 6) is 0.367. The summed E-state index contributed by atoms with van der Waals surface area (Å²) in [5.41, 5.74) is 1.29. The fourth-order valence-corrected chi connectivity index (χ4v) is 2.68. The summed E-state index contributed by atoms with van der Waals surface area (Å²) in [6.07, 6.45) is 2.10. The highest BCUT2D eigenvalue weighted by Crippen LogP contribution is 2.21. The van der Waals surface area contributed by atoms with Crippen LogP contribution in [0.5, 0.6) is 0 Å². The molecule has 0 amide bonds. The first-order valence-electron chi connectivity index (χ1n) is 7.51. The van der Waals surface area contributed by atoms with Crippen LogP contribution in [-0.2, 0) is 6.42 Å². The molecule has 0 aliphatic heterocycles. The topological polar surface area (TPSA) is 62.7 Å². The predicted octanol–water partition coefficient (Wildman–Crippen LogP) is 4.72. The normalized spacial score (nSPS) is 10.5. The van der Waals surface area contributed by atoms with Crippen molar-refractivity contribution in [3.05, 3.63) is 70.1 Å². The number of hydrogen-bond donors (Lipinski definition) is 2. The maximum absolute atomic E-state index is 13.7. The number of para-hydroxylation sites is 1. The van der Waals surface area contributed by atoms with Crippen LogP contribution in [0.15, 0.2) is 48.7 Å². The molecule has 2 aromatic carbocycles. The molecule has 0 aliphatic carbocycles. The highest BCUT2D eigenvalue weighted by molar-refractivity contribution is 6.35. The SMILES string of the molecule is Fc1ccccc1Nc1cnnc(NCCc2ccc(Cl)cc2Cl)n1. The third-order valence-corrected chi connectivity index (χ3v) is 3.97. The standard InChI is InChI=1S/C17H14Cl2FN5/c18-12-6-5-11(13(19)9-12)7-8-21-17-24-16(10-22-25-17)23-15-4-2-1-3-14(15)20/h1-6,9-10H,7-8H2,(H2,21,23,24,25). The van der Waals surface area contributed by atoms with Gasteiger partial charge in [-0.1, -0.05) is 41.4 Å². The Hall–Kier alpha value is -2.44. The molecule has 0 radical (unpaired) electrons. The Balaban J connectivity index is 1.61. The Morgan fingerprint density at radius 2 is 1.92 bits per heavy atom. The summed E-state index contributed by atoms with van der Waals surface area (Å²) in [4.78, 5) is 4.26. The van der Waals surface area contributed by atoms with E-state index in [1.54, 1.807) is 30.3 Å². The Morgan fingerprint density at radius 1 is 1.08 bits per heavy atom. The lowest BCUT2D eigenvalue weighted by Crippen LogP contribution is -2.10. The maximum atomic E-state index is 13.7. The average Bonchev–Trinajstić information content (AvgIpc) is 2.59. The van der Waals surface area contributed by atoms with Gasteiger partial charge in [-0.3, -0.25) is 0 Å². The molecular weight excluding hydrogens is 364 g/mol. The molecule has 1 heterocycles. The van der Waals surface area contributed by atoms with Crippen molar-refractivity contribution in [1.82, 2.24) is 15.2 Å². The van der Waals surface area contributed by atoms with Crippen molar-refractivity contribution >= 4 is 40.7 Å². The molecular formula is C17H14Cl2FN5. The van der Waals surface area contributed by atoms with Gasteiger partial charge in [0, 0.05) is 16.6 Å². The second-order valence-corrected chi connectivity index (χ2v) is 6.03. The Labute approximate surface area is 154 Å². The fourth-order valence-electron chi connectivity index (χ4n) is 2.17. The van der Waals surface area contributed by atoms with E-state index in [0.29, 0.717) is 40.5 Å². The van der Waals surface area contributed by atoms with E-state index in [2.05, 4.69) is 25.8 Å². The largest absolute Gasteiger partial charge is 0.353 e. The van der Waals surface area contributed by atoms with Crippen LogP contribution >= 0.6 is 23.2 Å². The highest BCUT2D eigenvalue weighted by atomic mass is 35.5. The molecule has 0 atom stereocenters. The third-order valence-electron chi connectivity index (χ3n) is 3.39. The van der Waals surface area contributed by atoms with E-state index < -0.39 is 0 Å². The number of rotatable bonds is 6. The van der Waals surface area contributed by atoms with E-state index >= 15 is 0 Å². The van der Waals surface area contributed by atoms with Crippen LogP contribution in [0.3, 0.4) is 0 Å². The van der Waals surface area contributed by atoms with Crippen LogP contribution in [-0.4, -0.2) is 21.7 Å². The van der Waals surface area contributed by atoms with E-state index in [4.69, 9.17) is 23.2 Å². The quantitative estimate of drug-likeness (QED) is 0.650. The summed E-state index contributed by atoms with van der Waals surface area (Å²) in [7, 11) is 0. The first-order chi connectivity index (χ1) is 12.1. The lowest BCUT2D eigenvalue weighted by atomic mass is 10.1. The van der Waals surface area contributed by atoms with Crippen LogP contribution in [0, 0.1) is 5.82 Å². The van der Waals surface area contributed by atoms with Crippen molar-refractivity contribution in [3.63, 3.8) is 0 Å². The number of hydrogen-bond acceptors (Lipinski definition) is 5. The number of nitrogens with one attached hydrogen (secondary N) is 2. The van der Waals surface area contributed by atoms with Crippen LogP contribution in [0.4, 0.5) is 21.8 Å². The van der Waals surface area contributed by atoms with Crippen molar-refractivity contribution in [1.29, 1.82) is 0 Å². The Bertz CT molecular complexity index is 875. The fraction of sp³-hybridized carbons (Fsp3) is 0.118. The second-order valence-electron chi connectivity index (χ2n) is 5.18. The molecule has 0 saturated heterocycles. The molecule has 0 saturated carbocycles. The number of aromatic nitrogens is 3. The number of nitrogens with zero attached hydrogens (tertiary/aromatic N) is 3. The van der Waals surface area contributed by atoms with E-state index in [0.717, 1.165) is 5.56 Å². The van der Waals surface area contributed by atoms with Gasteiger partial charge < -0.3 is 10.6 Å². The zero-order valence-electron chi connectivity index (χ0n) is 13.0. The maximum Gasteiger partial charge on any atom is 0.244 e. The summed E-state index contributed by atoms with van der Waals surface area (Å²) >= 11 is 12.0. The third kappa shape index (κ3) is 4.78. The minimum Gasteiger partial charge on any atom is -0.353 e. The molecule has 0 aliphatic rings. The first-order valence-corrected chi connectivity index (χ1v) is 8.26. The van der Waals surface area contributed by atoms with Gasteiger partial charge in [0.25, 0.3) is 0 Å². The molecule has 25 heavy (non-hydrogen) atoms. The number of halogens is 3. The highest BCUT2D eigenvalue weighted by Gasteiger charge is 2.05. The van der Waals surface area contributed by atoms with Crippen molar-refractivity contribution in [2.24, 2.45) is 0 Å². The van der Waals surface area contributed by atoms with Crippen molar-refractivity contribution in [3.8, 4) is 0 Å². The Morgan fingerprint density at radius 3 is 2.72 bits per heavy atom. The molecule has 3 rings (SSSR count). The first kappa shape index (κ1) is 17.4. The summed E-state index contributed by atoms with van der Waals surface area (Å²) in [6, 6.07) is 11.7. The predicted molar refractivity (Wildman–Crippen MR) is 98.2 cm³/mol. The molecule has 8 heteroatoms. The van der Waals surface area contributed by atoms with Gasteiger partial charge in [0.1, 0.15) is 5.82 Å². The molecule has 0 unspecified atom stereocenters. The second kappa shape index (κ2) is 8.09. The van der Waals surface area contributed by atoms with Crippen LogP contribution in [0.25, 0.3) is 0 Å². The zero-order chi connectivity index (χ0) is 17.6. The van der Waals surface area contributed by atoms with Gasteiger partial charge in [0.05, 0.1) is 11.9 Å². The molecule has 5 nitrogen and oxygen atoms in total. The van der Waals surface area contributed by atoms with E-state index in [1.807, 2.05) is 6.07 Å². The van der Waals surface area contributed by atoms with Gasteiger partial charge in [-0.2, -0.15) is 10.1 Å². The lowest BCUT2D eigenvalue weighted by molar-refractivity contribution is 0.631. The average molecular weight is 378 g/mol. The van der Waals surface area contributed by atoms with E-state index in [-0.39, 0.29) is 5.82 Å². The van der Waals surface area contributed by atoms with Crippen LogP contribution in [0.1, 0.15) is 5.56 Å². The molecule has 1 aromatic heterocycles. The number of benzene rings is 2. The van der Waals surface area contributed by atoms with Gasteiger partial charge in [-0.25, -0.2) is 4.39 Å². The summed E-state index contributed by atoms with van der Waals surface area (Å²) in [6.45, 7) is 0.562. The minimum absolute atomic E-state index is 0.321. The molecule has 2 N–H and O–H groups in total. The molecule has 0 bridgehead atoms. The molecule has 0 fully saturated rings. The van der Waals surface area contributed by atoms with Crippen molar-refractivity contribution in [2.75, 3.05) is 17.2 Å². The monoisotopic (exact) mass is 377 g/mol. The van der Waals surface area contributed by atoms with Gasteiger partial charge in [0.15, 0.2) is 5.82 Å². The van der Waals surface area contributed by atoms with Crippen LogP contribution in [0.2, 0.25) is 10.0 Å². The smallest absolute Gasteiger partial charge is 0.244 e.